The van der Waals surface area contributed by atoms with Crippen molar-refractivity contribution in [1.82, 2.24) is 5.32 Å². The van der Waals surface area contributed by atoms with Gasteiger partial charge in [0.1, 0.15) is 0 Å². The van der Waals surface area contributed by atoms with Gasteiger partial charge in [0.2, 0.25) is 0 Å². The van der Waals surface area contributed by atoms with Crippen LogP contribution in [0.3, 0.4) is 0 Å². The molecule has 4 nitrogen and oxygen atoms in total. The van der Waals surface area contributed by atoms with Crippen LogP contribution in [0.1, 0.15) is 16.7 Å². The number of amides is 2. The predicted molar refractivity (Wildman–Crippen MR) is 96.8 cm³/mol. The van der Waals surface area contributed by atoms with Crippen LogP contribution in [0.5, 0.6) is 0 Å². The quantitative estimate of drug-likeness (QED) is 0.743. The third kappa shape index (κ3) is 5.08. The molecular formula is C18H21BrN2O2. The summed E-state index contributed by atoms with van der Waals surface area (Å²) in [4.78, 5) is 12.2. The molecule has 5 heteroatoms. The molecule has 0 saturated heterocycles. The molecule has 2 rings (SSSR count). The number of halogens is 1. The Kier molecular flexibility index (Phi) is 6.19. The fraction of sp³-hybridized carbons (Fsp3) is 0.278. The molecule has 0 radical (unpaired) electrons. The van der Waals surface area contributed by atoms with E-state index in [1.165, 1.54) is 0 Å². The van der Waals surface area contributed by atoms with Gasteiger partial charge in [0.15, 0.2) is 0 Å². The van der Waals surface area contributed by atoms with E-state index in [1.807, 2.05) is 56.3 Å². The minimum absolute atomic E-state index is 0.110. The molecule has 2 aromatic carbocycles. The topological polar surface area (TPSA) is 61.4 Å². The predicted octanol–water partition coefficient (Wildman–Crippen LogP) is 3.79. The number of urea groups is 1. The van der Waals surface area contributed by atoms with Gasteiger partial charge in [-0.25, -0.2) is 4.79 Å². The highest BCUT2D eigenvalue weighted by molar-refractivity contribution is 9.10. The second-order valence-electron chi connectivity index (χ2n) is 5.58. The van der Waals surface area contributed by atoms with Crippen LogP contribution < -0.4 is 10.6 Å². The second kappa shape index (κ2) is 8.13. The van der Waals surface area contributed by atoms with E-state index in [4.69, 9.17) is 0 Å². The van der Waals surface area contributed by atoms with Gasteiger partial charge in [-0.05, 0) is 49.1 Å². The van der Waals surface area contributed by atoms with E-state index in [-0.39, 0.29) is 18.7 Å². The van der Waals surface area contributed by atoms with Crippen LogP contribution in [0.25, 0.3) is 0 Å². The minimum atomic E-state index is -0.325. The summed E-state index contributed by atoms with van der Waals surface area (Å²) < 4.78 is 0.982. The molecule has 0 heterocycles. The maximum absolute atomic E-state index is 12.2. The molecule has 2 aromatic rings. The number of rotatable bonds is 5. The summed E-state index contributed by atoms with van der Waals surface area (Å²) in [7, 11) is 0. The van der Waals surface area contributed by atoms with Gasteiger partial charge in [0.25, 0.3) is 0 Å². The van der Waals surface area contributed by atoms with Crippen molar-refractivity contribution in [2.45, 2.75) is 26.3 Å². The average molecular weight is 377 g/mol. The monoisotopic (exact) mass is 376 g/mol. The average Bonchev–Trinajstić information content (AvgIpc) is 2.51. The smallest absolute Gasteiger partial charge is 0.319 e. The summed E-state index contributed by atoms with van der Waals surface area (Å²) in [6.45, 7) is 3.78. The number of aryl methyl sites for hydroxylation is 2. The molecule has 1 atom stereocenters. The number of carbonyl (C=O) groups excluding carboxylic acids is 1. The van der Waals surface area contributed by atoms with Crippen LogP contribution in [0, 0.1) is 13.8 Å². The summed E-state index contributed by atoms with van der Waals surface area (Å²) >= 11 is 3.44. The molecule has 122 valence electrons. The fourth-order valence-corrected chi connectivity index (χ4v) is 3.19. The number of hydrogen-bond donors (Lipinski definition) is 3. The number of hydrogen-bond acceptors (Lipinski definition) is 2. The van der Waals surface area contributed by atoms with Crippen molar-refractivity contribution < 1.29 is 9.90 Å². The van der Waals surface area contributed by atoms with Crippen molar-refractivity contribution >= 4 is 27.6 Å². The van der Waals surface area contributed by atoms with E-state index >= 15 is 0 Å². The van der Waals surface area contributed by atoms with E-state index in [1.54, 1.807) is 0 Å². The lowest BCUT2D eigenvalue weighted by Crippen LogP contribution is -2.41. The van der Waals surface area contributed by atoms with Crippen LogP contribution in [-0.4, -0.2) is 23.8 Å². The van der Waals surface area contributed by atoms with Gasteiger partial charge in [-0.1, -0.05) is 46.3 Å². The van der Waals surface area contributed by atoms with Crippen molar-refractivity contribution in [2.24, 2.45) is 0 Å². The van der Waals surface area contributed by atoms with Gasteiger partial charge < -0.3 is 15.7 Å². The molecule has 2 amide bonds. The maximum atomic E-state index is 12.2. The fourth-order valence-electron chi connectivity index (χ4n) is 2.50. The number of aliphatic hydroxyl groups excluding tert-OH is 1. The highest BCUT2D eigenvalue weighted by atomic mass is 79.9. The summed E-state index contributed by atoms with van der Waals surface area (Å²) in [5, 5.41) is 15.2. The molecule has 0 aliphatic rings. The van der Waals surface area contributed by atoms with Crippen molar-refractivity contribution in [3.05, 3.63) is 63.6 Å². The van der Waals surface area contributed by atoms with Gasteiger partial charge in [0.05, 0.1) is 12.6 Å². The Hall–Kier alpha value is -1.85. The van der Waals surface area contributed by atoms with E-state index in [9.17, 15) is 9.90 Å². The molecule has 0 aliphatic carbocycles. The normalized spacial score (nSPS) is 11.8. The van der Waals surface area contributed by atoms with Crippen LogP contribution >= 0.6 is 15.9 Å². The molecule has 23 heavy (non-hydrogen) atoms. The van der Waals surface area contributed by atoms with Crippen LogP contribution in [0.2, 0.25) is 0 Å². The van der Waals surface area contributed by atoms with Crippen molar-refractivity contribution in [2.75, 3.05) is 11.9 Å². The lowest BCUT2D eigenvalue weighted by atomic mass is 10.1. The van der Waals surface area contributed by atoms with Crippen molar-refractivity contribution in [1.29, 1.82) is 0 Å². The Bertz CT molecular complexity index is 651. The largest absolute Gasteiger partial charge is 0.394 e. The highest BCUT2D eigenvalue weighted by Gasteiger charge is 2.14. The highest BCUT2D eigenvalue weighted by Crippen LogP contribution is 2.25. The second-order valence-corrected chi connectivity index (χ2v) is 6.50. The number of benzene rings is 2. The molecule has 0 fully saturated rings. The van der Waals surface area contributed by atoms with Crippen LogP contribution in [-0.2, 0) is 6.42 Å². The number of carbonyl (C=O) groups is 1. The van der Waals surface area contributed by atoms with E-state index in [2.05, 4.69) is 26.6 Å². The number of nitrogens with one attached hydrogen (secondary N) is 2. The van der Waals surface area contributed by atoms with Crippen LogP contribution in [0.4, 0.5) is 10.5 Å². The minimum Gasteiger partial charge on any atom is -0.394 e. The zero-order valence-corrected chi connectivity index (χ0v) is 14.9. The molecule has 0 saturated carbocycles. The first-order chi connectivity index (χ1) is 11.0. The summed E-state index contributed by atoms with van der Waals surface area (Å²) in [5.74, 6) is 0. The van der Waals surface area contributed by atoms with Gasteiger partial charge in [-0.2, -0.15) is 0 Å². The van der Waals surface area contributed by atoms with Crippen molar-refractivity contribution in [3.8, 4) is 0 Å². The van der Waals surface area contributed by atoms with E-state index < -0.39 is 0 Å². The number of aliphatic hydroxyl groups is 1. The zero-order valence-electron chi connectivity index (χ0n) is 13.3. The van der Waals surface area contributed by atoms with E-state index in [0.29, 0.717) is 6.42 Å². The standard InChI is InChI=1S/C18H21BrN2O2/c1-12-8-15(19)9-13(2)17(12)21-18(23)20-16(11-22)10-14-6-4-3-5-7-14/h3-9,16,22H,10-11H2,1-2H3,(H2,20,21,23). The summed E-state index contributed by atoms with van der Waals surface area (Å²) in [6, 6.07) is 13.1. The molecule has 0 spiro atoms. The molecule has 0 aliphatic heterocycles. The van der Waals surface area contributed by atoms with Crippen molar-refractivity contribution in [3.63, 3.8) is 0 Å². The van der Waals surface area contributed by atoms with Gasteiger partial charge in [-0.15, -0.1) is 0 Å². The Balaban J connectivity index is 2.00. The molecular weight excluding hydrogens is 356 g/mol. The first-order valence-corrected chi connectivity index (χ1v) is 8.28. The summed E-state index contributed by atoms with van der Waals surface area (Å²) in [5.41, 5.74) is 3.83. The zero-order chi connectivity index (χ0) is 16.8. The SMILES string of the molecule is Cc1cc(Br)cc(C)c1NC(=O)NC(CO)Cc1ccccc1. The third-order valence-electron chi connectivity index (χ3n) is 3.62. The third-order valence-corrected chi connectivity index (χ3v) is 4.07. The Morgan fingerprint density at radius 3 is 2.35 bits per heavy atom. The lowest BCUT2D eigenvalue weighted by molar-refractivity contribution is 0.224. The molecule has 3 N–H and O–H groups in total. The van der Waals surface area contributed by atoms with Gasteiger partial charge in [0, 0.05) is 10.2 Å². The van der Waals surface area contributed by atoms with Crippen LogP contribution in [0.15, 0.2) is 46.9 Å². The maximum Gasteiger partial charge on any atom is 0.319 e. The molecule has 0 aromatic heterocycles. The Labute approximate surface area is 145 Å². The first-order valence-electron chi connectivity index (χ1n) is 7.48. The van der Waals surface area contributed by atoms with Gasteiger partial charge in [-0.3, -0.25) is 0 Å². The molecule has 0 bridgehead atoms. The van der Waals surface area contributed by atoms with E-state index in [0.717, 1.165) is 26.9 Å². The first kappa shape index (κ1) is 17.5. The molecule has 1 unspecified atom stereocenters. The number of anilines is 1. The Morgan fingerprint density at radius 2 is 1.78 bits per heavy atom. The Morgan fingerprint density at radius 1 is 1.17 bits per heavy atom. The summed E-state index contributed by atoms with van der Waals surface area (Å²) in [6.07, 6.45) is 0.586. The lowest BCUT2D eigenvalue weighted by Gasteiger charge is -2.18. The van der Waals surface area contributed by atoms with Gasteiger partial charge >= 0.3 is 6.03 Å².